The highest BCUT2D eigenvalue weighted by Crippen LogP contribution is 2.16. The smallest absolute Gasteiger partial charge is 0.241 e. The molecule has 68 valence electrons. The first-order valence-corrected chi connectivity index (χ1v) is 3.87. The van der Waals surface area contributed by atoms with Gasteiger partial charge in [-0.25, -0.2) is 0 Å². The number of nitrogens with two attached hydrogens (primary N) is 1. The van der Waals surface area contributed by atoms with Crippen LogP contribution in [0, 0.1) is 6.92 Å². The van der Waals surface area contributed by atoms with Crippen molar-refractivity contribution in [3.63, 3.8) is 0 Å². The number of amides is 1. The number of primary amides is 1. The maximum absolute atomic E-state index is 10.4. The van der Waals surface area contributed by atoms with Crippen LogP contribution >= 0.6 is 0 Å². The van der Waals surface area contributed by atoms with Crippen molar-refractivity contribution in [2.75, 3.05) is 0 Å². The number of carbonyl (C=O) groups excluding carboxylic acids is 1. The van der Waals surface area contributed by atoms with E-state index in [4.69, 9.17) is 10.8 Å². The van der Waals surface area contributed by atoms with Gasteiger partial charge in [-0.05, 0) is 36.3 Å². The third-order valence-corrected chi connectivity index (χ3v) is 1.69. The van der Waals surface area contributed by atoms with Crippen molar-refractivity contribution in [3.05, 3.63) is 35.4 Å². The fourth-order valence-electron chi connectivity index (χ4n) is 0.979. The molecule has 0 fully saturated rings. The number of benzene rings is 1. The summed E-state index contributed by atoms with van der Waals surface area (Å²) in [5.74, 6) is -0.322. The maximum atomic E-state index is 10.4. The summed E-state index contributed by atoms with van der Waals surface area (Å²) >= 11 is 0. The molecule has 0 unspecified atom stereocenters. The van der Waals surface area contributed by atoms with E-state index in [1.165, 1.54) is 6.08 Å². The standard InChI is InChI=1S/C10H11NO2/c1-7-2-4-9(12)6-8(7)3-5-10(11)13/h2-6,12H,1H3,(H2,11,13). The lowest BCUT2D eigenvalue weighted by Gasteiger charge is -1.99. The molecule has 0 radical (unpaired) electrons. The number of aryl methyl sites for hydroxylation is 1. The monoisotopic (exact) mass is 177 g/mol. The van der Waals surface area contributed by atoms with Crippen molar-refractivity contribution in [1.29, 1.82) is 0 Å². The molecule has 3 heteroatoms. The lowest BCUT2D eigenvalue weighted by Crippen LogP contribution is -2.05. The van der Waals surface area contributed by atoms with Crippen molar-refractivity contribution < 1.29 is 9.90 Å². The Hall–Kier alpha value is -1.77. The minimum absolute atomic E-state index is 0.176. The summed E-state index contributed by atoms with van der Waals surface area (Å²) in [6, 6.07) is 4.95. The Morgan fingerprint density at radius 1 is 1.54 bits per heavy atom. The first-order valence-electron chi connectivity index (χ1n) is 3.87. The summed E-state index contributed by atoms with van der Waals surface area (Å²) in [6.45, 7) is 1.89. The van der Waals surface area contributed by atoms with Crippen LogP contribution in [-0.2, 0) is 4.79 Å². The minimum Gasteiger partial charge on any atom is -0.508 e. The van der Waals surface area contributed by atoms with Gasteiger partial charge in [-0.2, -0.15) is 0 Å². The van der Waals surface area contributed by atoms with Crippen molar-refractivity contribution in [2.24, 2.45) is 5.73 Å². The normalized spacial score (nSPS) is 10.5. The Labute approximate surface area is 76.5 Å². The number of carbonyl (C=O) groups is 1. The van der Waals surface area contributed by atoms with Gasteiger partial charge in [0.25, 0.3) is 0 Å². The summed E-state index contributed by atoms with van der Waals surface area (Å²) in [5, 5.41) is 9.15. The maximum Gasteiger partial charge on any atom is 0.241 e. The van der Waals surface area contributed by atoms with Gasteiger partial charge in [0.15, 0.2) is 0 Å². The molecular formula is C10H11NO2. The summed E-state index contributed by atoms with van der Waals surface area (Å²) in [6.07, 6.45) is 2.85. The topological polar surface area (TPSA) is 63.3 Å². The molecule has 0 aliphatic heterocycles. The molecule has 0 bridgehead atoms. The average Bonchev–Trinajstić information content (AvgIpc) is 2.06. The van der Waals surface area contributed by atoms with Crippen LogP contribution in [0.4, 0.5) is 0 Å². The Morgan fingerprint density at radius 3 is 2.85 bits per heavy atom. The third-order valence-electron chi connectivity index (χ3n) is 1.69. The van der Waals surface area contributed by atoms with Crippen LogP contribution < -0.4 is 5.73 Å². The molecule has 3 N–H and O–H groups in total. The molecule has 3 nitrogen and oxygen atoms in total. The van der Waals surface area contributed by atoms with Crippen molar-refractivity contribution in [1.82, 2.24) is 0 Å². The van der Waals surface area contributed by atoms with E-state index in [-0.39, 0.29) is 5.75 Å². The molecule has 0 atom stereocenters. The second-order valence-corrected chi connectivity index (χ2v) is 2.78. The number of rotatable bonds is 2. The fraction of sp³-hybridized carbons (Fsp3) is 0.100. The highest BCUT2D eigenvalue weighted by atomic mass is 16.3. The van der Waals surface area contributed by atoms with Gasteiger partial charge >= 0.3 is 0 Å². The SMILES string of the molecule is Cc1ccc(O)cc1C=CC(N)=O. The third kappa shape index (κ3) is 2.63. The zero-order chi connectivity index (χ0) is 9.84. The fourth-order valence-corrected chi connectivity index (χ4v) is 0.979. The molecule has 13 heavy (non-hydrogen) atoms. The second-order valence-electron chi connectivity index (χ2n) is 2.78. The van der Waals surface area contributed by atoms with Crippen molar-refractivity contribution >= 4 is 12.0 Å². The average molecular weight is 177 g/mol. The molecular weight excluding hydrogens is 166 g/mol. The highest BCUT2D eigenvalue weighted by molar-refractivity contribution is 5.90. The van der Waals surface area contributed by atoms with Crippen LogP contribution in [0.25, 0.3) is 6.08 Å². The number of aromatic hydroxyl groups is 1. The summed E-state index contributed by atoms with van der Waals surface area (Å²) < 4.78 is 0. The Morgan fingerprint density at radius 2 is 2.23 bits per heavy atom. The van der Waals surface area contributed by atoms with Crippen LogP contribution in [0.2, 0.25) is 0 Å². The molecule has 1 aromatic carbocycles. The zero-order valence-electron chi connectivity index (χ0n) is 7.32. The molecule has 0 aliphatic rings. The van der Waals surface area contributed by atoms with Crippen LogP contribution in [0.15, 0.2) is 24.3 Å². The molecule has 0 saturated carbocycles. The van der Waals surface area contributed by atoms with E-state index < -0.39 is 5.91 Å². The second kappa shape index (κ2) is 3.76. The van der Waals surface area contributed by atoms with Gasteiger partial charge in [-0.1, -0.05) is 6.07 Å². The van der Waals surface area contributed by atoms with Gasteiger partial charge in [0.1, 0.15) is 5.75 Å². The predicted octanol–water partition coefficient (Wildman–Crippen LogP) is 1.20. The molecule has 0 heterocycles. The van der Waals surface area contributed by atoms with E-state index in [2.05, 4.69) is 0 Å². The van der Waals surface area contributed by atoms with E-state index in [0.717, 1.165) is 11.1 Å². The van der Waals surface area contributed by atoms with Gasteiger partial charge in [0.2, 0.25) is 5.91 Å². The molecule has 1 rings (SSSR count). The first kappa shape index (κ1) is 9.32. The summed E-state index contributed by atoms with van der Waals surface area (Å²) in [7, 11) is 0. The lowest BCUT2D eigenvalue weighted by atomic mass is 10.1. The number of phenolic OH excluding ortho intramolecular Hbond substituents is 1. The minimum atomic E-state index is -0.497. The van der Waals surface area contributed by atoms with Gasteiger partial charge in [-0.15, -0.1) is 0 Å². The molecule has 0 aliphatic carbocycles. The van der Waals surface area contributed by atoms with Crippen LogP contribution in [0.1, 0.15) is 11.1 Å². The molecule has 0 aromatic heterocycles. The van der Waals surface area contributed by atoms with Crippen LogP contribution in [0.3, 0.4) is 0 Å². The van der Waals surface area contributed by atoms with E-state index in [1.54, 1.807) is 24.3 Å². The van der Waals surface area contributed by atoms with Crippen molar-refractivity contribution in [3.8, 4) is 5.75 Å². The Kier molecular flexibility index (Phi) is 2.69. The zero-order valence-corrected chi connectivity index (χ0v) is 7.32. The first-order chi connectivity index (χ1) is 6.09. The van der Waals surface area contributed by atoms with Gasteiger partial charge in [0, 0.05) is 6.08 Å². The molecule has 1 aromatic rings. The van der Waals surface area contributed by atoms with Gasteiger partial charge in [-0.3, -0.25) is 4.79 Å². The Bertz CT molecular complexity index is 356. The highest BCUT2D eigenvalue weighted by Gasteiger charge is 1.95. The van der Waals surface area contributed by atoms with E-state index >= 15 is 0 Å². The molecule has 0 saturated heterocycles. The lowest BCUT2D eigenvalue weighted by molar-refractivity contribution is -0.113. The van der Waals surface area contributed by atoms with E-state index in [1.807, 2.05) is 6.92 Å². The largest absolute Gasteiger partial charge is 0.508 e. The molecule has 0 spiro atoms. The molecule has 1 amide bonds. The van der Waals surface area contributed by atoms with Gasteiger partial charge < -0.3 is 10.8 Å². The quantitative estimate of drug-likeness (QED) is 0.666. The van der Waals surface area contributed by atoms with E-state index in [9.17, 15) is 4.79 Å². The van der Waals surface area contributed by atoms with Crippen molar-refractivity contribution in [2.45, 2.75) is 6.92 Å². The number of hydrogen-bond donors (Lipinski definition) is 2. The number of phenols is 1. The van der Waals surface area contributed by atoms with E-state index in [0.29, 0.717) is 0 Å². The van der Waals surface area contributed by atoms with Crippen LogP contribution in [-0.4, -0.2) is 11.0 Å². The van der Waals surface area contributed by atoms with Gasteiger partial charge in [0.05, 0.1) is 0 Å². The summed E-state index contributed by atoms with van der Waals surface area (Å²) in [4.78, 5) is 10.4. The number of hydrogen-bond acceptors (Lipinski definition) is 2. The predicted molar refractivity (Wildman–Crippen MR) is 51.1 cm³/mol. The van der Waals surface area contributed by atoms with Crippen LogP contribution in [0.5, 0.6) is 5.75 Å². The summed E-state index contributed by atoms with van der Waals surface area (Å²) in [5.41, 5.74) is 6.71. The Balaban J connectivity index is 3.00.